The molecule has 7 nitrogen and oxygen atoms in total. The minimum atomic E-state index is -0.250. The number of morpholine rings is 1. The van der Waals surface area contributed by atoms with E-state index in [9.17, 15) is 9.59 Å². The van der Waals surface area contributed by atoms with Gasteiger partial charge in [-0.1, -0.05) is 18.2 Å². The minimum absolute atomic E-state index is 0.0136. The zero-order chi connectivity index (χ0) is 17.9. The third-order valence-corrected chi connectivity index (χ3v) is 3.83. The molecule has 0 bridgehead atoms. The molecule has 0 unspecified atom stereocenters. The molecular formula is C18H26N4O3. The van der Waals surface area contributed by atoms with Crippen LogP contribution in [0.3, 0.4) is 0 Å². The number of hydrogen-bond donors (Lipinski definition) is 3. The lowest BCUT2D eigenvalue weighted by molar-refractivity contribution is -0.116. The molecule has 1 aromatic carbocycles. The van der Waals surface area contributed by atoms with E-state index < -0.39 is 0 Å². The van der Waals surface area contributed by atoms with Gasteiger partial charge in [-0.3, -0.25) is 9.69 Å². The molecule has 0 spiro atoms. The molecule has 25 heavy (non-hydrogen) atoms. The zero-order valence-electron chi connectivity index (χ0n) is 14.4. The maximum absolute atomic E-state index is 12.1. The van der Waals surface area contributed by atoms with Gasteiger partial charge in [-0.05, 0) is 17.7 Å². The van der Waals surface area contributed by atoms with Crippen molar-refractivity contribution in [2.75, 3.05) is 44.7 Å². The van der Waals surface area contributed by atoms with E-state index in [0.29, 0.717) is 19.5 Å². The Morgan fingerprint density at radius 2 is 2.04 bits per heavy atom. The molecule has 1 aliphatic rings. The van der Waals surface area contributed by atoms with Crippen molar-refractivity contribution in [1.82, 2.24) is 15.5 Å². The Kier molecular flexibility index (Phi) is 7.94. The molecule has 1 saturated heterocycles. The van der Waals surface area contributed by atoms with Gasteiger partial charge in [-0.15, -0.1) is 6.58 Å². The van der Waals surface area contributed by atoms with Crippen molar-refractivity contribution >= 4 is 17.6 Å². The quantitative estimate of drug-likeness (QED) is 0.620. The summed E-state index contributed by atoms with van der Waals surface area (Å²) in [4.78, 5) is 25.8. The van der Waals surface area contributed by atoms with Crippen LogP contribution in [-0.4, -0.2) is 56.2 Å². The summed E-state index contributed by atoms with van der Waals surface area (Å²) in [5, 5.41) is 8.30. The molecule has 2 rings (SSSR count). The molecule has 1 aliphatic heterocycles. The molecule has 0 atom stereocenters. The number of carbonyl (C=O) groups excluding carboxylic acids is 2. The number of benzene rings is 1. The number of anilines is 1. The number of urea groups is 1. The molecule has 1 fully saturated rings. The van der Waals surface area contributed by atoms with E-state index in [2.05, 4.69) is 27.4 Å². The predicted octanol–water partition coefficient (Wildman–Crippen LogP) is 1.33. The molecule has 7 heteroatoms. The summed E-state index contributed by atoms with van der Waals surface area (Å²) in [7, 11) is 0. The average molecular weight is 346 g/mol. The van der Waals surface area contributed by atoms with E-state index in [1.807, 2.05) is 24.3 Å². The fourth-order valence-corrected chi connectivity index (χ4v) is 2.48. The fourth-order valence-electron chi connectivity index (χ4n) is 2.48. The van der Waals surface area contributed by atoms with Gasteiger partial charge >= 0.3 is 6.03 Å². The molecule has 1 heterocycles. The predicted molar refractivity (Wildman–Crippen MR) is 97.4 cm³/mol. The first-order chi connectivity index (χ1) is 12.2. The Hall–Kier alpha value is -2.38. The highest BCUT2D eigenvalue weighted by Crippen LogP contribution is 2.11. The minimum Gasteiger partial charge on any atom is -0.379 e. The number of hydrogen-bond acceptors (Lipinski definition) is 4. The van der Waals surface area contributed by atoms with Crippen LogP contribution in [-0.2, 0) is 16.1 Å². The van der Waals surface area contributed by atoms with Crippen molar-refractivity contribution in [3.63, 3.8) is 0 Å². The van der Waals surface area contributed by atoms with Crippen molar-refractivity contribution in [2.24, 2.45) is 0 Å². The van der Waals surface area contributed by atoms with Gasteiger partial charge < -0.3 is 20.7 Å². The molecule has 0 aromatic heterocycles. The zero-order valence-corrected chi connectivity index (χ0v) is 14.4. The van der Waals surface area contributed by atoms with Gasteiger partial charge in [0.25, 0.3) is 0 Å². The van der Waals surface area contributed by atoms with Crippen LogP contribution in [0.5, 0.6) is 0 Å². The second kappa shape index (κ2) is 10.5. The summed E-state index contributed by atoms with van der Waals surface area (Å²) in [6.07, 6.45) is 2.07. The lowest BCUT2D eigenvalue weighted by Gasteiger charge is -2.26. The fraction of sp³-hybridized carbons (Fsp3) is 0.444. The Balaban J connectivity index is 1.74. The third kappa shape index (κ3) is 7.36. The van der Waals surface area contributed by atoms with E-state index in [1.54, 1.807) is 6.08 Å². The smallest absolute Gasteiger partial charge is 0.315 e. The highest BCUT2D eigenvalue weighted by Gasteiger charge is 2.12. The number of ether oxygens (including phenoxy) is 1. The Labute approximate surface area is 148 Å². The molecule has 3 N–H and O–H groups in total. The van der Waals surface area contributed by atoms with Gasteiger partial charge in [0.15, 0.2) is 0 Å². The number of amides is 3. The highest BCUT2D eigenvalue weighted by atomic mass is 16.5. The van der Waals surface area contributed by atoms with Crippen LogP contribution in [0, 0.1) is 0 Å². The van der Waals surface area contributed by atoms with Gasteiger partial charge in [-0.2, -0.15) is 0 Å². The molecule has 0 saturated carbocycles. The summed E-state index contributed by atoms with van der Waals surface area (Å²) < 4.78 is 5.30. The van der Waals surface area contributed by atoms with Crippen LogP contribution >= 0.6 is 0 Å². The van der Waals surface area contributed by atoms with Gasteiger partial charge in [0.2, 0.25) is 5.91 Å². The normalized spacial score (nSPS) is 14.6. The lowest BCUT2D eigenvalue weighted by atomic mass is 10.2. The van der Waals surface area contributed by atoms with Crippen LogP contribution in [0.2, 0.25) is 0 Å². The number of nitrogens with zero attached hydrogens (tertiary/aromatic N) is 1. The molecule has 136 valence electrons. The largest absolute Gasteiger partial charge is 0.379 e. The number of carbonyl (C=O) groups is 2. The standard InChI is InChI=1S/C18H26N4O3/c1-2-7-19-18(24)20-14-15-4-3-5-16(13-15)21-17(23)6-8-22-9-11-25-12-10-22/h2-5,13H,1,6-12,14H2,(H,21,23)(H2,19,20,24). The van der Waals surface area contributed by atoms with Crippen LogP contribution in [0.15, 0.2) is 36.9 Å². The average Bonchev–Trinajstić information content (AvgIpc) is 2.64. The third-order valence-electron chi connectivity index (χ3n) is 3.83. The first-order valence-corrected chi connectivity index (χ1v) is 8.49. The Morgan fingerprint density at radius 1 is 1.24 bits per heavy atom. The highest BCUT2D eigenvalue weighted by molar-refractivity contribution is 5.90. The number of rotatable bonds is 8. The van der Waals surface area contributed by atoms with Gasteiger partial charge in [0.05, 0.1) is 13.2 Å². The van der Waals surface area contributed by atoms with E-state index in [-0.39, 0.29) is 11.9 Å². The first kappa shape index (κ1) is 19.0. The summed E-state index contributed by atoms with van der Waals surface area (Å²) in [6.45, 7) is 8.31. The summed E-state index contributed by atoms with van der Waals surface area (Å²) in [6, 6.07) is 7.21. The molecule has 3 amide bonds. The van der Waals surface area contributed by atoms with Crippen molar-refractivity contribution in [1.29, 1.82) is 0 Å². The molecule has 1 aromatic rings. The monoisotopic (exact) mass is 346 g/mol. The Morgan fingerprint density at radius 3 is 2.80 bits per heavy atom. The first-order valence-electron chi connectivity index (χ1n) is 8.49. The van der Waals surface area contributed by atoms with Crippen LogP contribution < -0.4 is 16.0 Å². The maximum Gasteiger partial charge on any atom is 0.315 e. The van der Waals surface area contributed by atoms with E-state index in [1.165, 1.54) is 0 Å². The van der Waals surface area contributed by atoms with E-state index in [0.717, 1.165) is 44.1 Å². The molecule has 0 aliphatic carbocycles. The van der Waals surface area contributed by atoms with Crippen molar-refractivity contribution in [2.45, 2.75) is 13.0 Å². The molecular weight excluding hydrogens is 320 g/mol. The van der Waals surface area contributed by atoms with E-state index in [4.69, 9.17) is 4.74 Å². The maximum atomic E-state index is 12.1. The number of nitrogens with one attached hydrogen (secondary N) is 3. The summed E-state index contributed by atoms with van der Waals surface area (Å²) in [5.74, 6) is -0.0136. The van der Waals surface area contributed by atoms with Crippen LogP contribution in [0.25, 0.3) is 0 Å². The van der Waals surface area contributed by atoms with Gasteiger partial charge in [-0.25, -0.2) is 4.79 Å². The van der Waals surface area contributed by atoms with Crippen molar-refractivity contribution in [3.05, 3.63) is 42.5 Å². The summed E-state index contributed by atoms with van der Waals surface area (Å²) >= 11 is 0. The van der Waals surface area contributed by atoms with Crippen molar-refractivity contribution < 1.29 is 14.3 Å². The van der Waals surface area contributed by atoms with Crippen LogP contribution in [0.1, 0.15) is 12.0 Å². The van der Waals surface area contributed by atoms with E-state index >= 15 is 0 Å². The lowest BCUT2D eigenvalue weighted by Crippen LogP contribution is -2.38. The second-order valence-electron chi connectivity index (χ2n) is 5.80. The summed E-state index contributed by atoms with van der Waals surface area (Å²) in [5.41, 5.74) is 1.65. The SMILES string of the molecule is C=CCNC(=O)NCc1cccc(NC(=O)CCN2CCOCC2)c1. The van der Waals surface area contributed by atoms with Gasteiger partial charge in [0.1, 0.15) is 0 Å². The topological polar surface area (TPSA) is 82.7 Å². The molecule has 0 radical (unpaired) electrons. The van der Waals surface area contributed by atoms with Crippen molar-refractivity contribution in [3.8, 4) is 0 Å². The van der Waals surface area contributed by atoms with Gasteiger partial charge in [0, 0.05) is 44.8 Å². The Bertz CT molecular complexity index is 585. The second-order valence-corrected chi connectivity index (χ2v) is 5.80. The van der Waals surface area contributed by atoms with Crippen LogP contribution in [0.4, 0.5) is 10.5 Å².